The van der Waals surface area contributed by atoms with Gasteiger partial charge < -0.3 is 9.47 Å². The van der Waals surface area contributed by atoms with Crippen LogP contribution in [0.5, 0.6) is 0 Å². The van der Waals surface area contributed by atoms with E-state index < -0.39 is 57.4 Å². The SMILES string of the molecule is C[C@H]1[C@H](/C=C/c2ccc(-c3ccccc3)cn2)[C@@H]2[C@@H](C)OC(=O)[C@@H]2C[C@@H]1C.C[C@H]1[C@H](/C=C/c2ccc(-c3ccccc3)cn2)[C@@H]2[C@@H](C)OC(=O)[C@]2(F)C[C@@H]1C.O=S(=O)(c1ccccc1)N(F)S(=O)(=O)c1ccccc1. The highest BCUT2D eigenvalue weighted by Crippen LogP contribution is 2.53. The zero-order valence-corrected chi connectivity index (χ0v) is 44.4. The van der Waals surface area contributed by atoms with Crippen molar-refractivity contribution in [3.8, 4) is 22.3 Å². The molecular formula is C60H63F2N3O8S2. The van der Waals surface area contributed by atoms with Gasteiger partial charge in [0, 0.05) is 35.4 Å². The van der Waals surface area contributed by atoms with E-state index in [1.54, 1.807) is 6.92 Å². The third kappa shape index (κ3) is 11.8. The van der Waals surface area contributed by atoms with E-state index in [0.717, 1.165) is 58.8 Å². The third-order valence-corrected chi connectivity index (χ3v) is 19.3. The molecule has 0 spiro atoms. The summed E-state index contributed by atoms with van der Waals surface area (Å²) in [5.74, 6) is 0.913. The Hall–Kier alpha value is -6.68. The number of esters is 2. The van der Waals surface area contributed by atoms with Crippen molar-refractivity contribution in [2.75, 3.05) is 0 Å². The highest BCUT2D eigenvalue weighted by atomic mass is 32.3. The van der Waals surface area contributed by atoms with E-state index in [1.807, 2.05) is 86.9 Å². The molecule has 75 heavy (non-hydrogen) atoms. The summed E-state index contributed by atoms with van der Waals surface area (Å²) >= 11 is 0. The van der Waals surface area contributed by atoms with E-state index in [4.69, 9.17) is 9.47 Å². The van der Waals surface area contributed by atoms with Crippen LogP contribution in [0.25, 0.3) is 34.4 Å². The van der Waals surface area contributed by atoms with Gasteiger partial charge in [0.25, 0.3) is 20.0 Å². The minimum Gasteiger partial charge on any atom is -0.462 e. The number of hydrogen-bond acceptors (Lipinski definition) is 10. The van der Waals surface area contributed by atoms with E-state index in [1.165, 1.54) is 42.0 Å². The van der Waals surface area contributed by atoms with E-state index in [2.05, 4.69) is 79.3 Å². The van der Waals surface area contributed by atoms with E-state index in [-0.39, 0.29) is 48.1 Å². The summed E-state index contributed by atoms with van der Waals surface area (Å²) in [4.78, 5) is 32.6. The summed E-state index contributed by atoms with van der Waals surface area (Å²) in [5.41, 5.74) is 4.39. The van der Waals surface area contributed by atoms with Gasteiger partial charge in [0.15, 0.2) is 0 Å². The number of fused-ring (bicyclic) bond motifs is 2. The molecule has 4 fully saturated rings. The van der Waals surface area contributed by atoms with Crippen molar-refractivity contribution < 1.29 is 44.8 Å². The van der Waals surface area contributed by atoms with Gasteiger partial charge in [-0.2, -0.15) is 0 Å². The van der Waals surface area contributed by atoms with Crippen LogP contribution in [0.3, 0.4) is 0 Å². The predicted molar refractivity (Wildman–Crippen MR) is 286 cm³/mol. The van der Waals surface area contributed by atoms with E-state index in [9.17, 15) is 30.9 Å². The van der Waals surface area contributed by atoms with Gasteiger partial charge in [0.1, 0.15) is 12.2 Å². The van der Waals surface area contributed by atoms with Crippen LogP contribution < -0.4 is 0 Å². The Morgan fingerprint density at radius 1 is 0.560 bits per heavy atom. The number of carbonyl (C=O) groups excluding carboxylic acids is 2. The van der Waals surface area contributed by atoms with Crippen LogP contribution in [0.4, 0.5) is 8.87 Å². The molecule has 15 heteroatoms. The number of ether oxygens (including phenoxy) is 2. The summed E-state index contributed by atoms with van der Waals surface area (Å²) in [6, 6.07) is 41.6. The minimum atomic E-state index is -4.77. The van der Waals surface area contributed by atoms with Crippen LogP contribution >= 0.6 is 0 Å². The summed E-state index contributed by atoms with van der Waals surface area (Å²) in [5, 5.41) is 0. The van der Waals surface area contributed by atoms with E-state index >= 15 is 4.39 Å². The quantitative estimate of drug-likeness (QED) is 0.0958. The molecule has 11 nitrogen and oxygen atoms in total. The van der Waals surface area contributed by atoms with Gasteiger partial charge in [-0.3, -0.25) is 14.8 Å². The largest absolute Gasteiger partial charge is 0.462 e. The van der Waals surface area contributed by atoms with Gasteiger partial charge in [-0.15, -0.1) is 4.48 Å². The number of cyclic esters (lactones) is 2. The first-order chi connectivity index (χ1) is 35.8. The second-order valence-electron chi connectivity index (χ2n) is 20.3. The van der Waals surface area contributed by atoms with Crippen molar-refractivity contribution in [1.82, 2.24) is 13.9 Å². The Labute approximate surface area is 439 Å². The monoisotopic (exact) mass is 1060 g/mol. The number of carbonyl (C=O) groups is 2. The second kappa shape index (κ2) is 23.1. The molecule has 2 aliphatic heterocycles. The average molecular weight is 1060 g/mol. The number of nitrogens with zero attached hydrogens (tertiary/aromatic N) is 3. The number of aromatic nitrogens is 2. The van der Waals surface area contributed by atoms with Crippen LogP contribution in [0.2, 0.25) is 0 Å². The molecule has 392 valence electrons. The number of halogens is 2. The van der Waals surface area contributed by atoms with Crippen LogP contribution in [0.15, 0.2) is 180 Å². The third-order valence-electron chi connectivity index (χ3n) is 15.6. The summed E-state index contributed by atoms with van der Waals surface area (Å²) in [6.45, 7) is 12.6. The van der Waals surface area contributed by atoms with Gasteiger partial charge >= 0.3 is 11.9 Å². The molecular weight excluding hydrogens is 993 g/mol. The molecule has 0 amide bonds. The zero-order chi connectivity index (χ0) is 53.7. The number of benzene rings is 4. The Balaban J connectivity index is 0.000000152. The lowest BCUT2D eigenvalue weighted by Crippen LogP contribution is -2.50. The molecule has 2 saturated heterocycles. The molecule has 12 atom stereocenters. The van der Waals surface area contributed by atoms with Gasteiger partial charge in [0.2, 0.25) is 5.67 Å². The number of alkyl halides is 1. The van der Waals surface area contributed by atoms with Crippen molar-refractivity contribution in [2.45, 2.75) is 82.1 Å². The van der Waals surface area contributed by atoms with Crippen LogP contribution in [-0.2, 0) is 39.1 Å². The lowest BCUT2D eigenvalue weighted by atomic mass is 9.61. The summed E-state index contributed by atoms with van der Waals surface area (Å²) in [6.07, 6.45) is 12.9. The normalized spacial score (nSPS) is 28.3. The molecule has 10 rings (SSSR count). The van der Waals surface area contributed by atoms with Crippen molar-refractivity contribution >= 4 is 44.1 Å². The van der Waals surface area contributed by atoms with E-state index in [0.29, 0.717) is 17.8 Å². The molecule has 0 N–H and O–H groups in total. The smallest absolute Gasteiger partial charge is 0.344 e. The minimum absolute atomic E-state index is 0.000478. The van der Waals surface area contributed by atoms with Crippen LogP contribution in [0, 0.1) is 53.3 Å². The lowest BCUT2D eigenvalue weighted by Gasteiger charge is -2.43. The van der Waals surface area contributed by atoms with Crippen molar-refractivity contribution in [1.29, 1.82) is 0 Å². The summed E-state index contributed by atoms with van der Waals surface area (Å²) in [7, 11) is -9.53. The topological polar surface area (TPSA) is 150 Å². The van der Waals surface area contributed by atoms with Crippen molar-refractivity contribution in [2.24, 2.45) is 53.3 Å². The van der Waals surface area contributed by atoms with Gasteiger partial charge in [-0.05, 0) is 122 Å². The maximum Gasteiger partial charge on any atom is 0.344 e. The Morgan fingerprint density at radius 2 is 1.00 bits per heavy atom. The first kappa shape index (κ1) is 54.6. The second-order valence-corrected chi connectivity index (χ2v) is 24.0. The zero-order valence-electron chi connectivity index (χ0n) is 42.8. The van der Waals surface area contributed by atoms with Gasteiger partial charge in [0.05, 0.1) is 31.0 Å². The molecule has 4 aliphatic rings. The Morgan fingerprint density at radius 3 is 1.45 bits per heavy atom. The molecule has 2 aromatic heterocycles. The summed E-state index contributed by atoms with van der Waals surface area (Å²) < 4.78 is 86.9. The number of hydrogen-bond donors (Lipinski definition) is 0. The highest BCUT2D eigenvalue weighted by molar-refractivity contribution is 8.03. The standard InChI is InChI=1S/C24H26FNO2.C24H27NO2.C12H10FNO4S2/c1-15-13-24(25)22(17(3)28-23(24)27)21(16(15)2)12-11-20-10-9-19(14-26-20)18-7-5-4-6-8-18;1-15-13-22-23(17(3)27-24(22)26)21(16(15)2)12-11-20-10-9-19(14-25-20)18-7-5-4-6-8-18;13-14(19(15,16)11-7-3-1-4-8-11)20(17,18)12-9-5-2-6-10-12/h4-12,14-17,21-22H,13H2,1-3H3;4-12,14-17,21-23H,13H2,1-3H3;1-10H/b2*12-11+;/t15-,16+,17+,21-,22-,24-;15-,16+,17+,21-,22+,23-;/m00./s1. The fraction of sp³-hybridized carbons (Fsp3) is 0.333. The first-order valence-electron chi connectivity index (χ1n) is 25.4. The first-order valence-corrected chi connectivity index (χ1v) is 28.3. The van der Waals surface area contributed by atoms with Crippen LogP contribution in [-0.4, -0.2) is 60.6 Å². The molecule has 0 radical (unpaired) electrons. The Kier molecular flexibility index (Phi) is 16.8. The molecule has 0 unspecified atom stereocenters. The number of pyridine rings is 2. The number of rotatable bonds is 10. The fourth-order valence-corrected chi connectivity index (χ4v) is 14.1. The van der Waals surface area contributed by atoms with Crippen LogP contribution in [0.1, 0.15) is 65.8 Å². The molecule has 6 aromatic rings. The molecule has 4 heterocycles. The van der Waals surface area contributed by atoms with Crippen molar-refractivity contribution in [3.05, 3.63) is 182 Å². The molecule has 4 aromatic carbocycles. The van der Waals surface area contributed by atoms with Gasteiger partial charge in [-0.25, -0.2) is 26.0 Å². The average Bonchev–Trinajstić information content (AvgIpc) is 3.83. The predicted octanol–water partition coefficient (Wildman–Crippen LogP) is 12.5. The molecule has 0 bridgehead atoms. The number of sulfonamides is 2. The molecule has 2 saturated carbocycles. The Bertz CT molecular complexity index is 3120. The molecule has 2 aliphatic carbocycles. The van der Waals surface area contributed by atoms with Gasteiger partial charge in [-0.1, -0.05) is 149 Å². The lowest BCUT2D eigenvalue weighted by molar-refractivity contribution is -0.152. The maximum absolute atomic E-state index is 15.5. The number of allylic oxidation sites excluding steroid dienone is 2. The fourth-order valence-electron chi connectivity index (χ4n) is 11.2. The highest BCUT2D eigenvalue weighted by Gasteiger charge is 2.63. The maximum atomic E-state index is 15.5. The van der Waals surface area contributed by atoms with Crippen molar-refractivity contribution in [3.63, 3.8) is 0 Å².